The van der Waals surface area contributed by atoms with Gasteiger partial charge in [-0.1, -0.05) is 23.2 Å². The number of ether oxygens (including phenoxy) is 1. The molecule has 2 nitrogen and oxygen atoms in total. The number of carbonyl (C=O) groups excluding carboxylic acids is 1. The molecule has 0 aliphatic heterocycles. The Labute approximate surface area is 126 Å². The van der Waals surface area contributed by atoms with Gasteiger partial charge < -0.3 is 4.74 Å². The van der Waals surface area contributed by atoms with Gasteiger partial charge in [0.2, 0.25) is 0 Å². The normalized spacial score (nSPS) is 10.4. The Bertz CT molecular complexity index is 639. The van der Waals surface area contributed by atoms with Crippen LogP contribution in [0.3, 0.4) is 0 Å². The highest BCUT2D eigenvalue weighted by Gasteiger charge is 2.16. The molecule has 0 spiro atoms. The third-order valence-electron chi connectivity index (χ3n) is 2.67. The summed E-state index contributed by atoms with van der Waals surface area (Å²) in [6, 6.07) is 8.20. The van der Waals surface area contributed by atoms with Crippen molar-refractivity contribution in [1.29, 1.82) is 0 Å². The van der Waals surface area contributed by atoms with E-state index in [1.54, 1.807) is 0 Å². The largest absolute Gasteiger partial charge is 0.492 e. The highest BCUT2D eigenvalue weighted by molar-refractivity contribution is 6.37. The number of carbonyl (C=O) groups is 1. The van der Waals surface area contributed by atoms with Gasteiger partial charge in [0.25, 0.3) is 0 Å². The molecule has 2 aromatic rings. The zero-order valence-electron chi connectivity index (χ0n) is 10.6. The zero-order valence-corrected chi connectivity index (χ0v) is 12.1. The molecule has 0 saturated carbocycles. The fraction of sp³-hybridized carbons (Fsp3) is 0.133. The van der Waals surface area contributed by atoms with Crippen molar-refractivity contribution < 1.29 is 13.9 Å². The lowest BCUT2D eigenvalue weighted by Crippen LogP contribution is -2.03. The van der Waals surface area contributed by atoms with Crippen LogP contribution in [0.4, 0.5) is 4.39 Å². The smallest absolute Gasteiger partial charge is 0.194 e. The second-order valence-corrected chi connectivity index (χ2v) is 4.85. The number of rotatable bonds is 4. The molecule has 2 aromatic carbocycles. The molecule has 2 rings (SSSR count). The lowest BCUT2D eigenvalue weighted by molar-refractivity contribution is 0.103. The Morgan fingerprint density at radius 2 is 1.80 bits per heavy atom. The van der Waals surface area contributed by atoms with E-state index < -0.39 is 5.82 Å². The zero-order chi connectivity index (χ0) is 14.7. The Morgan fingerprint density at radius 3 is 2.40 bits per heavy atom. The summed E-state index contributed by atoms with van der Waals surface area (Å²) in [4.78, 5) is 12.3. The van der Waals surface area contributed by atoms with E-state index in [1.807, 2.05) is 6.92 Å². The van der Waals surface area contributed by atoms with Crippen LogP contribution in [0.25, 0.3) is 0 Å². The lowest BCUT2D eigenvalue weighted by atomic mass is 10.0. The summed E-state index contributed by atoms with van der Waals surface area (Å²) in [5.41, 5.74) is 0.597. The van der Waals surface area contributed by atoms with Gasteiger partial charge in [-0.05, 0) is 37.3 Å². The number of halogens is 3. The summed E-state index contributed by atoms with van der Waals surface area (Å²) in [7, 11) is 0. The fourth-order valence-electron chi connectivity index (χ4n) is 1.73. The van der Waals surface area contributed by atoms with Gasteiger partial charge in [0.1, 0.15) is 11.6 Å². The molecule has 0 radical (unpaired) electrons. The SMILES string of the molecule is CCOc1cc(Cl)c(C(=O)c2ccc(F)cc2)cc1Cl. The van der Waals surface area contributed by atoms with E-state index in [1.165, 1.54) is 36.4 Å². The molecular weight excluding hydrogens is 302 g/mol. The second kappa shape index (κ2) is 6.25. The Hall–Kier alpha value is -1.58. The topological polar surface area (TPSA) is 26.3 Å². The summed E-state index contributed by atoms with van der Waals surface area (Å²) in [5.74, 6) is -0.299. The van der Waals surface area contributed by atoms with Crippen LogP contribution >= 0.6 is 23.2 Å². The van der Waals surface area contributed by atoms with E-state index >= 15 is 0 Å². The van der Waals surface area contributed by atoms with Crippen molar-refractivity contribution in [3.63, 3.8) is 0 Å². The van der Waals surface area contributed by atoms with Crippen LogP contribution in [0.15, 0.2) is 36.4 Å². The Kier molecular flexibility index (Phi) is 4.63. The number of hydrogen-bond donors (Lipinski definition) is 0. The first-order valence-corrected chi connectivity index (χ1v) is 6.70. The maximum Gasteiger partial charge on any atom is 0.194 e. The van der Waals surface area contributed by atoms with E-state index in [0.29, 0.717) is 22.9 Å². The van der Waals surface area contributed by atoms with Crippen molar-refractivity contribution in [1.82, 2.24) is 0 Å². The van der Waals surface area contributed by atoms with Gasteiger partial charge in [0.15, 0.2) is 5.78 Å². The van der Waals surface area contributed by atoms with Gasteiger partial charge in [-0.25, -0.2) is 4.39 Å². The Balaban J connectivity index is 2.40. The molecule has 0 fully saturated rings. The summed E-state index contributed by atoms with van der Waals surface area (Å²) in [6.45, 7) is 2.27. The predicted molar refractivity (Wildman–Crippen MR) is 77.5 cm³/mol. The standard InChI is InChI=1S/C15H11Cl2FO2/c1-2-20-14-8-12(16)11(7-13(14)17)15(19)9-3-5-10(18)6-4-9/h3-8H,2H2,1H3. The summed E-state index contributed by atoms with van der Waals surface area (Å²) < 4.78 is 18.2. The second-order valence-electron chi connectivity index (χ2n) is 4.03. The van der Waals surface area contributed by atoms with E-state index in [-0.39, 0.29) is 16.4 Å². The lowest BCUT2D eigenvalue weighted by Gasteiger charge is -2.09. The van der Waals surface area contributed by atoms with E-state index in [0.717, 1.165) is 0 Å². The van der Waals surface area contributed by atoms with Crippen LogP contribution in [0.2, 0.25) is 10.0 Å². The van der Waals surface area contributed by atoms with Gasteiger partial charge in [0, 0.05) is 17.2 Å². The quantitative estimate of drug-likeness (QED) is 0.761. The van der Waals surface area contributed by atoms with Gasteiger partial charge >= 0.3 is 0 Å². The maximum atomic E-state index is 12.9. The van der Waals surface area contributed by atoms with E-state index in [9.17, 15) is 9.18 Å². The molecule has 0 bridgehead atoms. The minimum Gasteiger partial charge on any atom is -0.492 e. The molecule has 0 heterocycles. The van der Waals surface area contributed by atoms with E-state index in [4.69, 9.17) is 27.9 Å². The first-order chi connectivity index (χ1) is 9.52. The maximum absolute atomic E-state index is 12.9. The predicted octanol–water partition coefficient (Wildman–Crippen LogP) is 4.76. The van der Waals surface area contributed by atoms with Crippen molar-refractivity contribution in [2.45, 2.75) is 6.92 Å². The number of hydrogen-bond acceptors (Lipinski definition) is 2. The molecule has 0 N–H and O–H groups in total. The Morgan fingerprint density at radius 1 is 1.15 bits per heavy atom. The fourth-order valence-corrected chi connectivity index (χ4v) is 2.18. The molecule has 0 aliphatic rings. The molecule has 5 heteroatoms. The van der Waals surface area contributed by atoms with Gasteiger partial charge in [0.05, 0.1) is 16.7 Å². The molecule has 0 amide bonds. The van der Waals surface area contributed by atoms with Crippen LogP contribution in [0.1, 0.15) is 22.8 Å². The first-order valence-electron chi connectivity index (χ1n) is 5.95. The van der Waals surface area contributed by atoms with Crippen LogP contribution in [-0.4, -0.2) is 12.4 Å². The molecule has 20 heavy (non-hydrogen) atoms. The average Bonchev–Trinajstić information content (AvgIpc) is 2.43. The van der Waals surface area contributed by atoms with Crippen molar-refractivity contribution in [3.05, 3.63) is 63.4 Å². The molecule has 0 atom stereocenters. The van der Waals surface area contributed by atoms with Gasteiger partial charge in [-0.15, -0.1) is 0 Å². The van der Waals surface area contributed by atoms with Crippen LogP contribution in [0.5, 0.6) is 5.75 Å². The molecule has 104 valence electrons. The molecule has 0 aromatic heterocycles. The molecule has 0 saturated heterocycles. The molecule has 0 aliphatic carbocycles. The van der Waals surface area contributed by atoms with Crippen LogP contribution in [0, 0.1) is 5.82 Å². The monoisotopic (exact) mass is 312 g/mol. The highest BCUT2D eigenvalue weighted by Crippen LogP contribution is 2.32. The number of benzene rings is 2. The summed E-state index contributed by atoms with van der Waals surface area (Å²) in [5, 5.41) is 0.550. The van der Waals surface area contributed by atoms with Crippen molar-refractivity contribution in [2.24, 2.45) is 0 Å². The van der Waals surface area contributed by atoms with Gasteiger partial charge in [-0.2, -0.15) is 0 Å². The van der Waals surface area contributed by atoms with Crippen LogP contribution < -0.4 is 4.74 Å². The minimum atomic E-state index is -0.405. The van der Waals surface area contributed by atoms with E-state index in [2.05, 4.69) is 0 Å². The first kappa shape index (κ1) is 14.8. The minimum absolute atomic E-state index is 0.243. The molecular formula is C15H11Cl2FO2. The highest BCUT2D eigenvalue weighted by atomic mass is 35.5. The van der Waals surface area contributed by atoms with Gasteiger partial charge in [-0.3, -0.25) is 4.79 Å². The van der Waals surface area contributed by atoms with Crippen LogP contribution in [-0.2, 0) is 0 Å². The van der Waals surface area contributed by atoms with Crippen molar-refractivity contribution in [2.75, 3.05) is 6.61 Å². The average molecular weight is 313 g/mol. The van der Waals surface area contributed by atoms with Crippen molar-refractivity contribution >= 4 is 29.0 Å². The third-order valence-corrected chi connectivity index (χ3v) is 3.28. The summed E-state index contributed by atoms with van der Waals surface area (Å²) >= 11 is 12.1. The summed E-state index contributed by atoms with van der Waals surface area (Å²) in [6.07, 6.45) is 0. The van der Waals surface area contributed by atoms with Crippen molar-refractivity contribution in [3.8, 4) is 5.75 Å². The third kappa shape index (κ3) is 3.11. The number of ketones is 1. The molecule has 0 unspecified atom stereocenters.